The van der Waals surface area contributed by atoms with Crippen LogP contribution in [0.4, 0.5) is 0 Å². The van der Waals surface area contributed by atoms with E-state index < -0.39 is 0 Å². The number of rotatable bonds is 9. The van der Waals surface area contributed by atoms with Crippen molar-refractivity contribution in [3.05, 3.63) is 0 Å². The van der Waals surface area contributed by atoms with Gasteiger partial charge in [-0.2, -0.15) is 0 Å². The van der Waals surface area contributed by atoms with Crippen molar-refractivity contribution in [3.63, 3.8) is 0 Å². The third-order valence-corrected chi connectivity index (χ3v) is 3.94. The van der Waals surface area contributed by atoms with Crippen LogP contribution in [0.5, 0.6) is 0 Å². The second-order valence-electron chi connectivity index (χ2n) is 6.31. The molecule has 2 unspecified atom stereocenters. The molecule has 104 valence electrons. The van der Waals surface area contributed by atoms with Crippen LogP contribution in [-0.4, -0.2) is 12.6 Å². The molecule has 2 atom stereocenters. The lowest BCUT2D eigenvalue weighted by Crippen LogP contribution is -2.45. The van der Waals surface area contributed by atoms with Gasteiger partial charge in [0.2, 0.25) is 0 Å². The Morgan fingerprint density at radius 3 is 1.71 bits per heavy atom. The van der Waals surface area contributed by atoms with E-state index in [4.69, 9.17) is 0 Å². The monoisotopic (exact) mass is 241 g/mol. The lowest BCUT2D eigenvalue weighted by atomic mass is 9.74. The molecule has 0 heterocycles. The quantitative estimate of drug-likeness (QED) is 0.616. The van der Waals surface area contributed by atoms with Crippen LogP contribution in [0.3, 0.4) is 0 Å². The van der Waals surface area contributed by atoms with Gasteiger partial charge in [0.1, 0.15) is 0 Å². The molecule has 0 rings (SSSR count). The van der Waals surface area contributed by atoms with E-state index in [1.54, 1.807) is 0 Å². The smallest absolute Gasteiger partial charge is 0.0126 e. The first-order valence-electron chi connectivity index (χ1n) is 7.68. The van der Waals surface area contributed by atoms with Gasteiger partial charge < -0.3 is 5.32 Å². The summed E-state index contributed by atoms with van der Waals surface area (Å²) in [7, 11) is 0. The zero-order chi connectivity index (χ0) is 13.4. The fourth-order valence-corrected chi connectivity index (χ4v) is 3.26. The summed E-state index contributed by atoms with van der Waals surface area (Å²) in [5, 5.41) is 3.82. The molecule has 0 spiro atoms. The number of hydrogen-bond donors (Lipinski definition) is 1. The van der Waals surface area contributed by atoms with Crippen molar-refractivity contribution >= 4 is 0 Å². The van der Waals surface area contributed by atoms with Gasteiger partial charge in [0, 0.05) is 6.04 Å². The van der Waals surface area contributed by atoms with Crippen LogP contribution in [0.15, 0.2) is 0 Å². The molecule has 0 saturated heterocycles. The van der Waals surface area contributed by atoms with E-state index in [2.05, 4.69) is 53.8 Å². The van der Waals surface area contributed by atoms with Gasteiger partial charge in [-0.15, -0.1) is 0 Å². The number of hydrogen-bond acceptors (Lipinski definition) is 1. The summed E-state index contributed by atoms with van der Waals surface area (Å²) < 4.78 is 0. The molecule has 0 fully saturated rings. The maximum atomic E-state index is 3.82. The molecule has 0 aromatic rings. The highest BCUT2D eigenvalue weighted by Crippen LogP contribution is 2.30. The van der Waals surface area contributed by atoms with Crippen molar-refractivity contribution < 1.29 is 0 Å². The Morgan fingerprint density at radius 1 is 0.824 bits per heavy atom. The van der Waals surface area contributed by atoms with Gasteiger partial charge in [-0.1, -0.05) is 54.9 Å². The maximum Gasteiger partial charge on any atom is 0.0126 e. The Hall–Kier alpha value is -0.0400. The van der Waals surface area contributed by atoms with Crippen LogP contribution < -0.4 is 5.32 Å². The second-order valence-corrected chi connectivity index (χ2v) is 6.31. The summed E-state index contributed by atoms with van der Waals surface area (Å²) in [6.45, 7) is 17.7. The molecule has 0 saturated carbocycles. The van der Waals surface area contributed by atoms with Crippen molar-refractivity contribution in [2.45, 2.75) is 73.8 Å². The molecule has 0 radical (unpaired) electrons. The van der Waals surface area contributed by atoms with Crippen molar-refractivity contribution in [2.75, 3.05) is 6.54 Å². The molecule has 1 nitrogen and oxygen atoms in total. The van der Waals surface area contributed by atoms with E-state index in [1.165, 1.54) is 19.3 Å². The summed E-state index contributed by atoms with van der Waals surface area (Å²) in [5.74, 6) is 3.12. The molecule has 17 heavy (non-hydrogen) atoms. The van der Waals surface area contributed by atoms with Gasteiger partial charge in [0.15, 0.2) is 0 Å². The molecular weight excluding hydrogens is 206 g/mol. The second kappa shape index (κ2) is 8.97. The Labute approximate surface area is 110 Å². The zero-order valence-electron chi connectivity index (χ0n) is 13.2. The topological polar surface area (TPSA) is 12.0 Å². The Bertz CT molecular complexity index is 166. The molecule has 0 aromatic carbocycles. The predicted octanol–water partition coefficient (Wildman–Crippen LogP) is 4.72. The SMILES string of the molecule is CCCNC(C(C)CCC)C(C(C)C)C(C)C. The minimum absolute atomic E-state index is 0.690. The molecule has 1 heteroatoms. The van der Waals surface area contributed by atoms with Gasteiger partial charge >= 0.3 is 0 Å². The minimum atomic E-state index is 0.690. The van der Waals surface area contributed by atoms with E-state index >= 15 is 0 Å². The lowest BCUT2D eigenvalue weighted by molar-refractivity contribution is 0.159. The molecule has 1 N–H and O–H groups in total. The summed E-state index contributed by atoms with van der Waals surface area (Å²) in [6.07, 6.45) is 3.88. The lowest BCUT2D eigenvalue weighted by Gasteiger charge is -2.38. The van der Waals surface area contributed by atoms with Gasteiger partial charge in [-0.25, -0.2) is 0 Å². The third-order valence-electron chi connectivity index (χ3n) is 3.94. The number of nitrogens with one attached hydrogen (secondary N) is 1. The minimum Gasteiger partial charge on any atom is -0.313 e. The summed E-state index contributed by atoms with van der Waals surface area (Å²) in [5.41, 5.74) is 0. The van der Waals surface area contributed by atoms with E-state index in [9.17, 15) is 0 Å². The average molecular weight is 241 g/mol. The molecule has 0 aliphatic carbocycles. The Kier molecular flexibility index (Phi) is 8.94. The van der Waals surface area contributed by atoms with Crippen LogP contribution in [0, 0.1) is 23.7 Å². The van der Waals surface area contributed by atoms with Crippen LogP contribution in [0.2, 0.25) is 0 Å². The normalized spacial score (nSPS) is 15.9. The maximum absolute atomic E-state index is 3.82. The molecule has 0 aromatic heterocycles. The van der Waals surface area contributed by atoms with Crippen LogP contribution >= 0.6 is 0 Å². The van der Waals surface area contributed by atoms with E-state index in [0.717, 1.165) is 30.2 Å². The molecule has 0 amide bonds. The van der Waals surface area contributed by atoms with Gasteiger partial charge in [-0.3, -0.25) is 0 Å². The molecule has 0 aliphatic heterocycles. The fraction of sp³-hybridized carbons (Fsp3) is 1.00. The van der Waals surface area contributed by atoms with Crippen molar-refractivity contribution in [3.8, 4) is 0 Å². The zero-order valence-corrected chi connectivity index (χ0v) is 13.2. The van der Waals surface area contributed by atoms with Crippen molar-refractivity contribution in [1.29, 1.82) is 0 Å². The third kappa shape index (κ3) is 5.90. The van der Waals surface area contributed by atoms with Crippen molar-refractivity contribution in [2.24, 2.45) is 23.7 Å². The van der Waals surface area contributed by atoms with E-state index in [-0.39, 0.29) is 0 Å². The summed E-state index contributed by atoms with van der Waals surface area (Å²) >= 11 is 0. The Balaban J connectivity index is 4.71. The first-order valence-corrected chi connectivity index (χ1v) is 7.68. The highest BCUT2D eigenvalue weighted by Gasteiger charge is 2.30. The first kappa shape index (κ1) is 17.0. The van der Waals surface area contributed by atoms with Crippen LogP contribution in [0.1, 0.15) is 67.7 Å². The molecular formula is C16H35N. The van der Waals surface area contributed by atoms with E-state index in [0.29, 0.717) is 6.04 Å². The Morgan fingerprint density at radius 2 is 1.35 bits per heavy atom. The van der Waals surface area contributed by atoms with Gasteiger partial charge in [0.05, 0.1) is 0 Å². The fourth-order valence-electron chi connectivity index (χ4n) is 3.26. The molecule has 0 aliphatic rings. The van der Waals surface area contributed by atoms with Gasteiger partial charge in [-0.05, 0) is 43.1 Å². The standard InChI is InChI=1S/C16H35N/c1-8-10-14(7)16(17-11-9-2)15(12(3)4)13(5)6/h12-17H,8-11H2,1-7H3. The largest absolute Gasteiger partial charge is 0.313 e. The van der Waals surface area contributed by atoms with E-state index in [1.807, 2.05) is 0 Å². The van der Waals surface area contributed by atoms with Crippen molar-refractivity contribution in [1.82, 2.24) is 5.32 Å². The van der Waals surface area contributed by atoms with Crippen LogP contribution in [0.25, 0.3) is 0 Å². The predicted molar refractivity (Wildman–Crippen MR) is 79.3 cm³/mol. The highest BCUT2D eigenvalue weighted by molar-refractivity contribution is 4.84. The first-order chi connectivity index (χ1) is 7.95. The average Bonchev–Trinajstić information content (AvgIpc) is 2.22. The van der Waals surface area contributed by atoms with Gasteiger partial charge in [0.25, 0.3) is 0 Å². The molecule has 0 bridgehead atoms. The summed E-state index contributed by atoms with van der Waals surface area (Å²) in [6, 6.07) is 0.690. The highest BCUT2D eigenvalue weighted by atomic mass is 14.9. The summed E-state index contributed by atoms with van der Waals surface area (Å²) in [4.78, 5) is 0. The van der Waals surface area contributed by atoms with Crippen LogP contribution in [-0.2, 0) is 0 Å².